The average Bonchev–Trinajstić information content (AvgIpc) is 2.71. The third-order valence-electron chi connectivity index (χ3n) is 4.08. The lowest BCUT2D eigenvalue weighted by Gasteiger charge is -2.20. The number of hydrogen-bond acceptors (Lipinski definition) is 3. The van der Waals surface area contributed by atoms with Crippen LogP contribution in [0.4, 0.5) is 0 Å². The molecule has 0 spiro atoms. The second-order valence-corrected chi connectivity index (χ2v) is 5.61. The molecule has 22 heavy (non-hydrogen) atoms. The molecule has 0 fully saturated rings. The molecule has 0 aliphatic heterocycles. The van der Waals surface area contributed by atoms with Crippen LogP contribution in [-0.2, 0) is 17.6 Å². The van der Waals surface area contributed by atoms with Crippen molar-refractivity contribution in [1.29, 1.82) is 0 Å². The third kappa shape index (κ3) is 3.75. The minimum absolute atomic E-state index is 0.112. The first-order valence-corrected chi connectivity index (χ1v) is 7.79. The number of aryl methyl sites for hydroxylation is 2. The fraction of sp³-hybridized carbons (Fsp3) is 0.562. The lowest BCUT2D eigenvalue weighted by atomic mass is 10.1. The Balaban J connectivity index is 2.26. The molecule has 0 unspecified atom stereocenters. The fourth-order valence-corrected chi connectivity index (χ4v) is 2.81. The summed E-state index contributed by atoms with van der Waals surface area (Å²) in [5, 5.41) is 8.75. The number of nitrogens with one attached hydrogen (secondary N) is 1. The number of fused-ring (bicyclic) bond motifs is 1. The fourth-order valence-electron chi connectivity index (χ4n) is 2.81. The Labute approximate surface area is 129 Å². The van der Waals surface area contributed by atoms with E-state index >= 15 is 0 Å². The second-order valence-electron chi connectivity index (χ2n) is 5.61. The summed E-state index contributed by atoms with van der Waals surface area (Å²) >= 11 is 0. The second kappa shape index (κ2) is 7.24. The zero-order valence-electron chi connectivity index (χ0n) is 12.9. The number of hydrogen-bond donors (Lipinski definition) is 2. The van der Waals surface area contributed by atoms with Gasteiger partial charge in [0.05, 0.1) is 6.42 Å². The van der Waals surface area contributed by atoms with Gasteiger partial charge in [-0.2, -0.15) is 0 Å². The van der Waals surface area contributed by atoms with E-state index in [-0.39, 0.29) is 24.1 Å². The molecule has 0 atom stereocenters. The molecule has 0 aromatic carbocycles. The van der Waals surface area contributed by atoms with Crippen molar-refractivity contribution in [2.45, 2.75) is 45.4 Å². The molecule has 2 N–H and O–H groups in total. The van der Waals surface area contributed by atoms with E-state index in [9.17, 15) is 14.4 Å². The summed E-state index contributed by atoms with van der Waals surface area (Å²) in [7, 11) is 0. The maximum Gasteiger partial charge on any atom is 0.305 e. The van der Waals surface area contributed by atoms with E-state index < -0.39 is 11.9 Å². The van der Waals surface area contributed by atoms with Crippen molar-refractivity contribution in [1.82, 2.24) is 9.88 Å². The normalized spacial score (nSPS) is 14.0. The molecule has 1 aromatic rings. The number of aromatic amines is 1. The summed E-state index contributed by atoms with van der Waals surface area (Å²) in [6.45, 7) is 2.27. The monoisotopic (exact) mass is 306 g/mol. The Hall–Kier alpha value is -2.11. The van der Waals surface area contributed by atoms with Gasteiger partial charge in [-0.1, -0.05) is 6.42 Å². The lowest BCUT2D eigenvalue weighted by molar-refractivity contribution is -0.137. The van der Waals surface area contributed by atoms with Gasteiger partial charge in [0.2, 0.25) is 0 Å². The largest absolute Gasteiger partial charge is 0.481 e. The highest BCUT2D eigenvalue weighted by Crippen LogP contribution is 2.18. The summed E-state index contributed by atoms with van der Waals surface area (Å²) < 4.78 is 0. The Kier molecular flexibility index (Phi) is 5.35. The van der Waals surface area contributed by atoms with E-state index in [2.05, 4.69) is 4.98 Å². The molecule has 1 amide bonds. The number of H-pyrrole nitrogens is 1. The van der Waals surface area contributed by atoms with Crippen molar-refractivity contribution >= 4 is 11.9 Å². The van der Waals surface area contributed by atoms with Gasteiger partial charge < -0.3 is 15.0 Å². The Morgan fingerprint density at radius 2 is 2.00 bits per heavy atom. The van der Waals surface area contributed by atoms with E-state index in [0.717, 1.165) is 43.4 Å². The average molecular weight is 306 g/mol. The van der Waals surface area contributed by atoms with Crippen molar-refractivity contribution < 1.29 is 14.7 Å². The number of carboxylic acid groups (broad SMARTS) is 1. The van der Waals surface area contributed by atoms with Crippen LogP contribution in [0.15, 0.2) is 10.9 Å². The number of carbonyl (C=O) groups is 2. The molecule has 1 aromatic heterocycles. The molecule has 2 rings (SSSR count). The predicted octanol–water partition coefficient (Wildman–Crippen LogP) is 1.58. The van der Waals surface area contributed by atoms with Gasteiger partial charge in [0.1, 0.15) is 5.56 Å². The van der Waals surface area contributed by atoms with Crippen LogP contribution >= 0.6 is 0 Å². The van der Waals surface area contributed by atoms with Gasteiger partial charge in [0.15, 0.2) is 0 Å². The smallest absolute Gasteiger partial charge is 0.305 e. The van der Waals surface area contributed by atoms with Gasteiger partial charge in [-0.25, -0.2) is 0 Å². The molecule has 0 radical (unpaired) electrons. The van der Waals surface area contributed by atoms with Crippen LogP contribution < -0.4 is 5.56 Å². The molecular formula is C16H22N2O4. The summed E-state index contributed by atoms with van der Waals surface area (Å²) in [4.78, 5) is 39.6. The topological polar surface area (TPSA) is 90.5 Å². The van der Waals surface area contributed by atoms with Crippen LogP contribution in [0, 0.1) is 0 Å². The van der Waals surface area contributed by atoms with Crippen molar-refractivity contribution in [2.24, 2.45) is 0 Å². The molecule has 120 valence electrons. The first kappa shape index (κ1) is 16.3. The highest BCUT2D eigenvalue weighted by Gasteiger charge is 2.21. The van der Waals surface area contributed by atoms with Crippen molar-refractivity contribution in [3.63, 3.8) is 0 Å². The quantitative estimate of drug-likeness (QED) is 0.808. The van der Waals surface area contributed by atoms with Crippen molar-refractivity contribution in [2.75, 3.05) is 13.1 Å². The Morgan fingerprint density at radius 1 is 1.27 bits per heavy atom. The maximum absolute atomic E-state index is 12.5. The van der Waals surface area contributed by atoms with E-state index in [1.807, 2.05) is 0 Å². The van der Waals surface area contributed by atoms with E-state index in [4.69, 9.17) is 5.11 Å². The molecular weight excluding hydrogens is 284 g/mol. The number of nitrogens with zero attached hydrogens (tertiary/aromatic N) is 1. The number of rotatable bonds is 5. The van der Waals surface area contributed by atoms with Crippen LogP contribution in [-0.4, -0.2) is 40.0 Å². The molecule has 0 saturated heterocycles. The highest BCUT2D eigenvalue weighted by molar-refractivity contribution is 5.94. The van der Waals surface area contributed by atoms with Crippen molar-refractivity contribution in [3.05, 3.63) is 33.2 Å². The minimum Gasteiger partial charge on any atom is -0.481 e. The van der Waals surface area contributed by atoms with E-state index in [0.29, 0.717) is 6.54 Å². The molecule has 6 nitrogen and oxygen atoms in total. The first-order valence-electron chi connectivity index (χ1n) is 7.79. The van der Waals surface area contributed by atoms with Gasteiger partial charge >= 0.3 is 5.97 Å². The zero-order chi connectivity index (χ0) is 16.1. The Morgan fingerprint density at radius 3 is 2.68 bits per heavy atom. The zero-order valence-corrected chi connectivity index (χ0v) is 12.9. The van der Waals surface area contributed by atoms with Crippen LogP contribution in [0.25, 0.3) is 0 Å². The third-order valence-corrected chi connectivity index (χ3v) is 4.08. The summed E-state index contributed by atoms with van der Waals surface area (Å²) in [6, 6.07) is 1.70. The van der Waals surface area contributed by atoms with Crippen molar-refractivity contribution in [3.8, 4) is 0 Å². The van der Waals surface area contributed by atoms with Gasteiger partial charge in [-0.05, 0) is 44.2 Å². The highest BCUT2D eigenvalue weighted by atomic mass is 16.4. The molecule has 1 aliphatic carbocycles. The number of carboxylic acids is 1. The molecule has 0 saturated carbocycles. The van der Waals surface area contributed by atoms with Crippen LogP contribution in [0.5, 0.6) is 0 Å². The van der Waals surface area contributed by atoms with Crippen LogP contribution in [0.3, 0.4) is 0 Å². The number of amides is 1. The number of carbonyl (C=O) groups excluding carboxylic acids is 1. The number of pyridine rings is 1. The standard InChI is InChI=1S/C16H22N2O4/c1-2-18(9-8-14(19)20)16(22)12-10-11-6-4-3-5-7-13(11)17-15(12)21/h10H,2-9H2,1H3,(H,17,21)(H,19,20). The van der Waals surface area contributed by atoms with Crippen LogP contribution in [0.1, 0.15) is 54.2 Å². The molecule has 1 aliphatic rings. The summed E-state index contributed by atoms with van der Waals surface area (Å²) in [5.41, 5.74) is 1.72. The van der Waals surface area contributed by atoms with Gasteiger partial charge in [-0.15, -0.1) is 0 Å². The molecule has 0 bridgehead atoms. The molecule has 6 heteroatoms. The van der Waals surface area contributed by atoms with E-state index in [1.54, 1.807) is 13.0 Å². The summed E-state index contributed by atoms with van der Waals surface area (Å²) in [5.74, 6) is -1.35. The maximum atomic E-state index is 12.5. The number of aliphatic carboxylic acids is 1. The lowest BCUT2D eigenvalue weighted by Crippen LogP contribution is -2.36. The Bertz CT molecular complexity index is 621. The molecule has 1 heterocycles. The SMILES string of the molecule is CCN(CCC(=O)O)C(=O)c1cc2c([nH]c1=O)CCCCC2. The van der Waals surface area contributed by atoms with E-state index in [1.165, 1.54) is 4.90 Å². The minimum atomic E-state index is -0.956. The number of aromatic nitrogens is 1. The van der Waals surface area contributed by atoms with Gasteiger partial charge in [0, 0.05) is 18.8 Å². The van der Waals surface area contributed by atoms with Gasteiger partial charge in [-0.3, -0.25) is 14.4 Å². The predicted molar refractivity (Wildman–Crippen MR) is 82.2 cm³/mol. The van der Waals surface area contributed by atoms with Crippen LogP contribution in [0.2, 0.25) is 0 Å². The summed E-state index contributed by atoms with van der Waals surface area (Å²) in [6.07, 6.45) is 4.82. The van der Waals surface area contributed by atoms with Gasteiger partial charge in [0.25, 0.3) is 11.5 Å². The first-order chi connectivity index (χ1) is 10.5.